The number of nitrogens with one attached hydrogen (secondary N) is 4. The molecule has 3 aromatic rings. The Bertz CT molecular complexity index is 1830. The smallest absolute Gasteiger partial charge is 0.251 e. The third-order valence-corrected chi connectivity index (χ3v) is 7.76. The Balaban J connectivity index is 1.61. The summed E-state index contributed by atoms with van der Waals surface area (Å²) < 4.78 is 0. The van der Waals surface area contributed by atoms with E-state index in [0.717, 1.165) is 11.1 Å². The van der Waals surface area contributed by atoms with Gasteiger partial charge in [-0.05, 0) is 74.1 Å². The van der Waals surface area contributed by atoms with E-state index in [1.807, 2.05) is 44.2 Å². The fourth-order valence-corrected chi connectivity index (χ4v) is 4.99. The van der Waals surface area contributed by atoms with Crippen LogP contribution in [0.1, 0.15) is 78.4 Å². The highest BCUT2D eigenvalue weighted by Gasteiger charge is 2.24. The highest BCUT2D eigenvalue weighted by atomic mass is 16.2. The zero-order chi connectivity index (χ0) is 38.9. The van der Waals surface area contributed by atoms with E-state index in [9.17, 15) is 19.2 Å². The molecular formula is C38H49N11O4. The minimum absolute atomic E-state index is 0.0906. The van der Waals surface area contributed by atoms with Crippen molar-refractivity contribution >= 4 is 46.8 Å². The lowest BCUT2D eigenvalue weighted by Crippen LogP contribution is -2.51. The zero-order valence-corrected chi connectivity index (χ0v) is 30.7. The molecule has 10 N–H and O–H groups in total. The first-order valence-corrected chi connectivity index (χ1v) is 17.1. The summed E-state index contributed by atoms with van der Waals surface area (Å²) in [6.45, 7) is 9.24. The van der Waals surface area contributed by atoms with E-state index in [1.54, 1.807) is 69.3 Å². The zero-order valence-electron chi connectivity index (χ0n) is 30.7. The van der Waals surface area contributed by atoms with Crippen LogP contribution in [0, 0.1) is 5.92 Å². The largest absolute Gasteiger partial charge is 0.386 e. The van der Waals surface area contributed by atoms with Crippen LogP contribution in [0.3, 0.4) is 0 Å². The number of amidine groups is 1. The standard InChI is InChI=1S/C38H49N11O4/c1-23(2)21-32(44-34(50)30-15-11-28(12-16-30)24(3)46-48-26(5)39)36(52)42-19-20-43-37(53)33(22-27-9-7-6-8-10-27)45-35(51)31-17-13-29(14-18-31)25(4)47-49-38(40)41/h6-18,23,32-33H,19-22H2,1-5H3,(H2,39,48)(H,42,52)(H,43,53)(H,44,50)(H,45,51)(H4,40,41,49)/b46-24-,47-25-/t32-,33-/m0/s1. The van der Waals surface area contributed by atoms with Crippen molar-refractivity contribution in [2.75, 3.05) is 13.1 Å². The summed E-state index contributed by atoms with van der Waals surface area (Å²) in [7, 11) is 0. The molecule has 53 heavy (non-hydrogen) atoms. The number of carbonyl (C=O) groups excluding carboxylic acids is 4. The van der Waals surface area contributed by atoms with Gasteiger partial charge in [-0.1, -0.05) is 68.4 Å². The highest BCUT2D eigenvalue weighted by Crippen LogP contribution is 2.11. The lowest BCUT2D eigenvalue weighted by Gasteiger charge is -2.21. The Labute approximate surface area is 309 Å². The topological polar surface area (TPSA) is 244 Å². The third-order valence-electron chi connectivity index (χ3n) is 7.76. The van der Waals surface area contributed by atoms with Gasteiger partial charge in [0.1, 0.15) is 17.9 Å². The number of nitrogens with two attached hydrogens (primary N) is 3. The Morgan fingerprint density at radius 2 is 1.02 bits per heavy atom. The van der Waals surface area contributed by atoms with Crippen LogP contribution >= 0.6 is 0 Å². The predicted molar refractivity (Wildman–Crippen MR) is 209 cm³/mol. The molecule has 4 amide bonds. The van der Waals surface area contributed by atoms with Crippen LogP contribution in [-0.4, -0.2) is 72.0 Å². The summed E-state index contributed by atoms with van der Waals surface area (Å²) >= 11 is 0. The van der Waals surface area contributed by atoms with Gasteiger partial charge in [-0.25, -0.2) is 0 Å². The van der Waals surface area contributed by atoms with E-state index in [2.05, 4.69) is 41.7 Å². The SMILES string of the molecule is CC(N)=N/N=C(/C)c1ccc(C(=O)N[C@@H](CC(C)C)C(=O)NCCNC(=O)[C@H](Cc2ccccc2)NC(=O)c2ccc(/C(C)=N\N=C(N)N)cc2)cc1. The van der Waals surface area contributed by atoms with Crippen molar-refractivity contribution in [1.29, 1.82) is 0 Å². The lowest BCUT2D eigenvalue weighted by molar-refractivity contribution is -0.124. The molecular weight excluding hydrogens is 674 g/mol. The molecule has 0 radical (unpaired) electrons. The summed E-state index contributed by atoms with van der Waals surface area (Å²) in [5.41, 5.74) is 20.5. The molecule has 0 aromatic heterocycles. The second kappa shape index (κ2) is 20.5. The molecule has 0 aliphatic heterocycles. The summed E-state index contributed by atoms with van der Waals surface area (Å²) in [5.74, 6) is -1.38. The van der Waals surface area contributed by atoms with Crippen molar-refractivity contribution in [3.63, 3.8) is 0 Å². The quantitative estimate of drug-likeness (QED) is 0.0473. The fraction of sp³-hybridized carbons (Fsp3) is 0.316. The molecule has 0 bridgehead atoms. The number of amides is 4. The first-order chi connectivity index (χ1) is 25.2. The van der Waals surface area contributed by atoms with E-state index in [1.165, 1.54) is 0 Å². The third kappa shape index (κ3) is 14.0. The van der Waals surface area contributed by atoms with Crippen LogP contribution in [0.15, 0.2) is 99.3 Å². The summed E-state index contributed by atoms with van der Waals surface area (Å²) in [5, 5.41) is 26.8. The number of hydrogen-bond donors (Lipinski definition) is 7. The van der Waals surface area contributed by atoms with E-state index >= 15 is 0 Å². The van der Waals surface area contributed by atoms with Crippen molar-refractivity contribution < 1.29 is 19.2 Å². The molecule has 2 atom stereocenters. The van der Waals surface area contributed by atoms with Crippen LogP contribution in [0.5, 0.6) is 0 Å². The number of guanidine groups is 1. The molecule has 15 nitrogen and oxygen atoms in total. The van der Waals surface area contributed by atoms with Crippen molar-refractivity contribution in [2.45, 2.75) is 59.5 Å². The maximum absolute atomic E-state index is 13.4. The van der Waals surface area contributed by atoms with Gasteiger partial charge < -0.3 is 38.5 Å². The van der Waals surface area contributed by atoms with E-state index in [-0.39, 0.29) is 37.3 Å². The van der Waals surface area contributed by atoms with Crippen molar-refractivity contribution in [3.05, 3.63) is 107 Å². The first-order valence-electron chi connectivity index (χ1n) is 17.1. The minimum Gasteiger partial charge on any atom is -0.386 e. The molecule has 15 heteroatoms. The van der Waals surface area contributed by atoms with Gasteiger partial charge in [0.15, 0.2) is 0 Å². The lowest BCUT2D eigenvalue weighted by atomic mass is 10.0. The average Bonchev–Trinajstić information content (AvgIpc) is 3.14. The van der Waals surface area contributed by atoms with Gasteiger partial charge in [0.25, 0.3) is 11.8 Å². The number of hydrogen-bond acceptors (Lipinski definition) is 8. The van der Waals surface area contributed by atoms with E-state index < -0.39 is 29.8 Å². The maximum Gasteiger partial charge on any atom is 0.251 e. The molecule has 0 aliphatic carbocycles. The van der Waals surface area contributed by atoms with E-state index in [0.29, 0.717) is 40.4 Å². The predicted octanol–water partition coefficient (Wildman–Crippen LogP) is 2.20. The van der Waals surface area contributed by atoms with Crippen molar-refractivity contribution in [2.24, 2.45) is 43.5 Å². The Morgan fingerprint density at radius 3 is 1.47 bits per heavy atom. The normalized spacial score (nSPS) is 13.1. The van der Waals surface area contributed by atoms with Gasteiger partial charge in [-0.2, -0.15) is 10.2 Å². The second-order valence-corrected chi connectivity index (χ2v) is 12.7. The molecule has 0 fully saturated rings. The molecule has 3 aromatic carbocycles. The number of rotatable bonds is 17. The number of carbonyl (C=O) groups is 4. The van der Waals surface area contributed by atoms with Gasteiger partial charge in [-0.15, -0.1) is 10.2 Å². The van der Waals surface area contributed by atoms with Gasteiger partial charge >= 0.3 is 0 Å². The van der Waals surface area contributed by atoms with Crippen LogP contribution < -0.4 is 38.5 Å². The molecule has 0 saturated heterocycles. The van der Waals surface area contributed by atoms with Crippen LogP contribution in [0.4, 0.5) is 0 Å². The van der Waals surface area contributed by atoms with Crippen molar-refractivity contribution in [1.82, 2.24) is 21.3 Å². The summed E-state index contributed by atoms with van der Waals surface area (Å²) in [4.78, 5) is 52.9. The molecule has 0 saturated carbocycles. The Morgan fingerprint density at radius 1 is 0.585 bits per heavy atom. The van der Waals surface area contributed by atoms with Crippen molar-refractivity contribution in [3.8, 4) is 0 Å². The van der Waals surface area contributed by atoms with Crippen LogP contribution in [0.25, 0.3) is 0 Å². The number of nitrogens with zero attached hydrogens (tertiary/aromatic N) is 4. The average molecular weight is 724 g/mol. The summed E-state index contributed by atoms with van der Waals surface area (Å²) in [6, 6.07) is 21.0. The van der Waals surface area contributed by atoms with Crippen LogP contribution in [0.2, 0.25) is 0 Å². The fourth-order valence-electron chi connectivity index (χ4n) is 4.99. The van der Waals surface area contributed by atoms with Gasteiger partial charge in [-0.3, -0.25) is 19.2 Å². The first kappa shape index (κ1) is 41.0. The molecule has 0 unspecified atom stereocenters. The molecule has 0 aliphatic rings. The van der Waals surface area contributed by atoms with Gasteiger partial charge in [0.05, 0.1) is 11.4 Å². The molecule has 0 heterocycles. The number of benzene rings is 3. The minimum atomic E-state index is -0.905. The Hall–Kier alpha value is -6.38. The van der Waals surface area contributed by atoms with Crippen LogP contribution in [-0.2, 0) is 16.0 Å². The highest BCUT2D eigenvalue weighted by molar-refractivity contribution is 6.02. The van der Waals surface area contributed by atoms with Gasteiger partial charge in [0.2, 0.25) is 17.8 Å². The Kier molecular flexibility index (Phi) is 15.8. The van der Waals surface area contributed by atoms with E-state index in [4.69, 9.17) is 17.2 Å². The maximum atomic E-state index is 13.4. The van der Waals surface area contributed by atoms with Gasteiger partial charge in [0, 0.05) is 30.6 Å². The molecule has 280 valence electrons. The monoisotopic (exact) mass is 723 g/mol. The molecule has 0 spiro atoms. The second-order valence-electron chi connectivity index (χ2n) is 12.7. The molecule has 3 rings (SSSR count). The summed E-state index contributed by atoms with van der Waals surface area (Å²) in [6.07, 6.45) is 0.642.